The molecule has 114 valence electrons. The Morgan fingerprint density at radius 2 is 1.65 bits per heavy atom. The molecule has 0 spiro atoms. The van der Waals surface area contributed by atoms with E-state index in [-0.39, 0.29) is 5.91 Å². The van der Waals surface area contributed by atoms with Gasteiger partial charge < -0.3 is 10.6 Å². The van der Waals surface area contributed by atoms with E-state index >= 15 is 0 Å². The van der Waals surface area contributed by atoms with Gasteiger partial charge in [0.05, 0.1) is 0 Å². The zero-order valence-corrected chi connectivity index (χ0v) is 13.6. The van der Waals surface area contributed by atoms with Crippen molar-refractivity contribution in [2.45, 2.75) is 0 Å². The highest BCUT2D eigenvalue weighted by molar-refractivity contribution is 9.10. The second kappa shape index (κ2) is 7.02. The van der Waals surface area contributed by atoms with Gasteiger partial charge in [0.15, 0.2) is 0 Å². The summed E-state index contributed by atoms with van der Waals surface area (Å²) in [5, 5.41) is 5.86. The number of aromatic nitrogens is 2. The van der Waals surface area contributed by atoms with Crippen LogP contribution in [0.4, 0.5) is 17.3 Å². The average molecular weight is 369 g/mol. The fraction of sp³-hybridized carbons (Fsp3) is 0. The van der Waals surface area contributed by atoms with Crippen molar-refractivity contribution in [2.24, 2.45) is 0 Å². The maximum Gasteiger partial charge on any atom is 0.274 e. The highest BCUT2D eigenvalue weighted by Crippen LogP contribution is 2.17. The lowest BCUT2D eigenvalue weighted by molar-refractivity contribution is 0.102. The van der Waals surface area contributed by atoms with Crippen LogP contribution in [0.25, 0.3) is 0 Å². The van der Waals surface area contributed by atoms with Crippen LogP contribution in [0.3, 0.4) is 0 Å². The maximum atomic E-state index is 12.2. The van der Waals surface area contributed by atoms with E-state index in [4.69, 9.17) is 0 Å². The van der Waals surface area contributed by atoms with Gasteiger partial charge in [0, 0.05) is 22.0 Å². The van der Waals surface area contributed by atoms with Crippen molar-refractivity contribution in [3.05, 3.63) is 77.0 Å². The number of para-hydroxylation sites is 1. The third-order valence-electron chi connectivity index (χ3n) is 3.02. The van der Waals surface area contributed by atoms with Gasteiger partial charge in [0.2, 0.25) is 5.95 Å². The fourth-order valence-corrected chi connectivity index (χ4v) is 2.19. The topological polar surface area (TPSA) is 66.9 Å². The zero-order valence-electron chi connectivity index (χ0n) is 12.0. The highest BCUT2D eigenvalue weighted by atomic mass is 79.9. The molecule has 2 aromatic carbocycles. The average Bonchev–Trinajstić information content (AvgIpc) is 2.58. The summed E-state index contributed by atoms with van der Waals surface area (Å²) in [4.78, 5) is 20.6. The first kappa shape index (κ1) is 15.2. The Morgan fingerprint density at radius 3 is 2.39 bits per heavy atom. The number of amides is 1. The van der Waals surface area contributed by atoms with E-state index in [1.807, 2.05) is 54.6 Å². The summed E-state index contributed by atoms with van der Waals surface area (Å²) >= 11 is 3.38. The number of nitrogens with one attached hydrogen (secondary N) is 2. The molecule has 3 rings (SSSR count). The molecule has 0 saturated heterocycles. The van der Waals surface area contributed by atoms with Crippen LogP contribution < -0.4 is 10.6 Å². The van der Waals surface area contributed by atoms with Crippen molar-refractivity contribution in [3.8, 4) is 0 Å². The molecule has 0 aliphatic carbocycles. The van der Waals surface area contributed by atoms with Gasteiger partial charge in [-0.25, -0.2) is 9.97 Å². The Hall–Kier alpha value is -2.73. The molecule has 1 amide bonds. The summed E-state index contributed by atoms with van der Waals surface area (Å²) in [5.74, 6) is 0.0884. The highest BCUT2D eigenvalue weighted by Gasteiger charge is 2.09. The molecule has 0 fully saturated rings. The van der Waals surface area contributed by atoms with E-state index < -0.39 is 0 Å². The van der Waals surface area contributed by atoms with Gasteiger partial charge in [-0.1, -0.05) is 34.1 Å². The molecule has 0 bridgehead atoms. The second-order valence-corrected chi connectivity index (χ2v) is 5.63. The van der Waals surface area contributed by atoms with E-state index in [9.17, 15) is 4.79 Å². The normalized spacial score (nSPS) is 10.1. The van der Waals surface area contributed by atoms with Gasteiger partial charge in [-0.2, -0.15) is 0 Å². The number of hydrogen-bond donors (Lipinski definition) is 2. The van der Waals surface area contributed by atoms with Gasteiger partial charge in [0.1, 0.15) is 5.69 Å². The van der Waals surface area contributed by atoms with Crippen LogP contribution in [0.2, 0.25) is 0 Å². The van der Waals surface area contributed by atoms with Gasteiger partial charge in [-0.15, -0.1) is 0 Å². The number of hydrogen-bond acceptors (Lipinski definition) is 4. The summed E-state index contributed by atoms with van der Waals surface area (Å²) < 4.78 is 0.986. The number of anilines is 3. The number of carbonyl (C=O) groups excluding carboxylic acids is 1. The van der Waals surface area contributed by atoms with Crippen LogP contribution in [-0.4, -0.2) is 15.9 Å². The third-order valence-corrected chi connectivity index (χ3v) is 3.55. The molecule has 23 heavy (non-hydrogen) atoms. The molecule has 0 atom stereocenters. The van der Waals surface area contributed by atoms with Gasteiger partial charge in [0.25, 0.3) is 5.91 Å². The van der Waals surface area contributed by atoms with E-state index in [1.165, 1.54) is 0 Å². The van der Waals surface area contributed by atoms with E-state index in [0.717, 1.165) is 15.8 Å². The Morgan fingerprint density at radius 1 is 0.913 bits per heavy atom. The van der Waals surface area contributed by atoms with Crippen LogP contribution in [0.15, 0.2) is 71.3 Å². The molecule has 6 heteroatoms. The number of carbonyl (C=O) groups is 1. The summed E-state index contributed by atoms with van der Waals surface area (Å²) in [6.07, 6.45) is 1.55. The van der Waals surface area contributed by atoms with Crippen molar-refractivity contribution in [3.63, 3.8) is 0 Å². The molecule has 0 unspecified atom stereocenters. The first-order chi connectivity index (χ1) is 11.2. The Kier molecular flexibility index (Phi) is 4.63. The number of benzene rings is 2. The molecular formula is C17H13BrN4O. The van der Waals surface area contributed by atoms with Crippen LogP contribution in [0.5, 0.6) is 0 Å². The quantitative estimate of drug-likeness (QED) is 0.722. The molecular weight excluding hydrogens is 356 g/mol. The second-order valence-electron chi connectivity index (χ2n) is 4.72. The number of nitrogens with zero attached hydrogens (tertiary/aromatic N) is 2. The first-order valence-corrected chi connectivity index (χ1v) is 7.72. The number of halogens is 1. The molecule has 0 saturated carbocycles. The predicted molar refractivity (Wildman–Crippen MR) is 93.9 cm³/mol. The van der Waals surface area contributed by atoms with Crippen LogP contribution in [0.1, 0.15) is 10.5 Å². The molecule has 0 aliphatic heterocycles. The maximum absolute atomic E-state index is 12.2. The minimum absolute atomic E-state index is 0.280. The third kappa shape index (κ3) is 4.14. The lowest BCUT2D eigenvalue weighted by atomic mass is 10.3. The van der Waals surface area contributed by atoms with Crippen molar-refractivity contribution < 1.29 is 4.79 Å². The Balaban J connectivity index is 1.74. The van der Waals surface area contributed by atoms with E-state index in [1.54, 1.807) is 12.3 Å². The molecule has 3 aromatic rings. The van der Waals surface area contributed by atoms with Crippen LogP contribution in [-0.2, 0) is 0 Å². The molecule has 1 aromatic heterocycles. The van der Waals surface area contributed by atoms with Crippen molar-refractivity contribution in [1.82, 2.24) is 9.97 Å². The first-order valence-electron chi connectivity index (χ1n) is 6.93. The van der Waals surface area contributed by atoms with Gasteiger partial charge in [-0.05, 0) is 42.5 Å². The summed E-state index contributed by atoms with van der Waals surface area (Å²) in [6, 6.07) is 18.4. The molecule has 5 nitrogen and oxygen atoms in total. The van der Waals surface area contributed by atoms with Crippen LogP contribution >= 0.6 is 15.9 Å². The molecule has 1 heterocycles. The Labute approximate surface area is 141 Å². The van der Waals surface area contributed by atoms with Crippen molar-refractivity contribution in [1.29, 1.82) is 0 Å². The minimum atomic E-state index is -0.280. The molecule has 0 radical (unpaired) electrons. The monoisotopic (exact) mass is 368 g/mol. The lowest BCUT2D eigenvalue weighted by Gasteiger charge is -2.07. The van der Waals surface area contributed by atoms with E-state index in [2.05, 4.69) is 36.5 Å². The van der Waals surface area contributed by atoms with E-state index in [0.29, 0.717) is 11.6 Å². The van der Waals surface area contributed by atoms with Crippen molar-refractivity contribution in [2.75, 3.05) is 10.6 Å². The van der Waals surface area contributed by atoms with Crippen molar-refractivity contribution >= 4 is 39.2 Å². The predicted octanol–water partition coefficient (Wildman–Crippen LogP) is 4.24. The molecule has 0 aliphatic rings. The summed E-state index contributed by atoms with van der Waals surface area (Å²) in [6.45, 7) is 0. The lowest BCUT2D eigenvalue weighted by Crippen LogP contribution is -2.14. The van der Waals surface area contributed by atoms with Crippen LogP contribution in [0, 0.1) is 0 Å². The summed E-state index contributed by atoms with van der Waals surface area (Å²) in [7, 11) is 0. The van der Waals surface area contributed by atoms with Gasteiger partial charge in [-0.3, -0.25) is 4.79 Å². The summed E-state index contributed by atoms with van der Waals surface area (Å²) in [5.41, 5.74) is 1.86. The van der Waals surface area contributed by atoms with Gasteiger partial charge >= 0.3 is 0 Å². The molecule has 2 N–H and O–H groups in total. The number of rotatable bonds is 4. The fourth-order valence-electron chi connectivity index (χ4n) is 1.92. The Bertz CT molecular complexity index is 806. The standard InChI is InChI=1S/C17H13BrN4O/c18-12-6-8-14(9-7-12)21-17-19-11-10-15(22-17)16(23)20-13-4-2-1-3-5-13/h1-11H,(H,20,23)(H,19,21,22). The smallest absolute Gasteiger partial charge is 0.274 e. The minimum Gasteiger partial charge on any atom is -0.324 e. The zero-order chi connectivity index (χ0) is 16.1. The SMILES string of the molecule is O=C(Nc1ccccc1)c1ccnc(Nc2ccc(Br)cc2)n1. The largest absolute Gasteiger partial charge is 0.324 e.